The Bertz CT molecular complexity index is 1210. The maximum absolute atomic E-state index is 13.6. The number of aliphatic carboxylic acids is 1. The van der Waals surface area contributed by atoms with Crippen molar-refractivity contribution in [2.45, 2.75) is 12.5 Å². The summed E-state index contributed by atoms with van der Waals surface area (Å²) >= 11 is 0. The first-order chi connectivity index (χ1) is 17.3. The number of ketones is 1. The van der Waals surface area contributed by atoms with Gasteiger partial charge >= 0.3 is 17.8 Å². The van der Waals surface area contributed by atoms with E-state index in [9.17, 15) is 50.3 Å². The number of halogens is 6. The van der Waals surface area contributed by atoms with E-state index in [1.807, 2.05) is 5.32 Å². The fourth-order valence-electron chi connectivity index (χ4n) is 2.62. The average molecular weight is 535 g/mol. The first-order valence-electron chi connectivity index (χ1n) is 9.84. The molecule has 0 fully saturated rings. The van der Waals surface area contributed by atoms with Crippen LogP contribution in [-0.4, -0.2) is 53.8 Å². The van der Waals surface area contributed by atoms with Gasteiger partial charge in [-0.25, -0.2) is 17.6 Å². The van der Waals surface area contributed by atoms with Crippen molar-refractivity contribution in [3.05, 3.63) is 59.2 Å². The Morgan fingerprint density at radius 1 is 0.865 bits per heavy atom. The lowest BCUT2D eigenvalue weighted by Crippen LogP contribution is -2.49. The minimum absolute atomic E-state index is 0.117. The number of carbonyl (C=O) groups is 5. The largest absolute Gasteiger partial charge is 0.481 e. The van der Waals surface area contributed by atoms with Crippen LogP contribution in [0.15, 0.2) is 24.3 Å². The number of ether oxygens (including phenoxy) is 1. The molecular formula is C21H15F6N3O7. The summed E-state index contributed by atoms with van der Waals surface area (Å²) < 4.78 is 85.3. The summed E-state index contributed by atoms with van der Waals surface area (Å²) in [7, 11) is 0. The molecule has 37 heavy (non-hydrogen) atoms. The van der Waals surface area contributed by atoms with Crippen LogP contribution >= 0.6 is 0 Å². The van der Waals surface area contributed by atoms with Crippen LogP contribution in [0.3, 0.4) is 0 Å². The molecule has 4 N–H and O–H groups in total. The van der Waals surface area contributed by atoms with Gasteiger partial charge in [-0.05, 0) is 12.1 Å². The standard InChI is InChI=1S/C21H15F6N3O7/c22-8-2-1-3-9(23)18(8)30-21(36)20(35)28-6-14(32)29-12(5-15(33)34)13(31)7-37-19-16(26)10(24)4-11(25)17(19)27/h1-4,12H,5-7H2,(H,28,35)(H,29,32)(H,30,36)(H,33,34). The summed E-state index contributed by atoms with van der Waals surface area (Å²) in [5, 5.41) is 14.2. The number of hydrogen-bond acceptors (Lipinski definition) is 6. The lowest BCUT2D eigenvalue weighted by atomic mass is 10.1. The first kappa shape index (κ1) is 28.6. The number of amides is 3. The van der Waals surface area contributed by atoms with E-state index in [2.05, 4.69) is 4.74 Å². The molecule has 0 saturated heterocycles. The highest BCUT2D eigenvalue weighted by Crippen LogP contribution is 2.26. The molecule has 2 rings (SSSR count). The third kappa shape index (κ3) is 7.68. The van der Waals surface area contributed by atoms with Gasteiger partial charge in [0.05, 0.1) is 13.0 Å². The molecule has 0 aliphatic rings. The van der Waals surface area contributed by atoms with Gasteiger partial charge in [-0.15, -0.1) is 0 Å². The second-order valence-corrected chi connectivity index (χ2v) is 7.00. The van der Waals surface area contributed by atoms with Crippen molar-refractivity contribution >= 4 is 35.2 Å². The number of rotatable bonds is 10. The summed E-state index contributed by atoms with van der Waals surface area (Å²) in [5.74, 6) is -18.9. The predicted molar refractivity (Wildman–Crippen MR) is 109 cm³/mol. The molecule has 16 heteroatoms. The quantitative estimate of drug-likeness (QED) is 0.203. The highest BCUT2D eigenvalue weighted by atomic mass is 19.2. The second-order valence-electron chi connectivity index (χ2n) is 7.00. The lowest BCUT2D eigenvalue weighted by Gasteiger charge is -2.17. The Balaban J connectivity index is 1.98. The number of Topliss-reactive ketones (excluding diaryl/α,β-unsaturated/α-hetero) is 1. The number of carboxylic acid groups (broad SMARTS) is 1. The molecule has 198 valence electrons. The molecular weight excluding hydrogens is 520 g/mol. The normalized spacial score (nSPS) is 11.3. The van der Waals surface area contributed by atoms with Crippen molar-refractivity contribution in [3.63, 3.8) is 0 Å². The van der Waals surface area contributed by atoms with Crippen molar-refractivity contribution < 1.29 is 60.2 Å². The second kappa shape index (κ2) is 12.4. The summed E-state index contributed by atoms with van der Waals surface area (Å²) in [5.41, 5.74) is -0.940. The molecule has 3 amide bonds. The highest BCUT2D eigenvalue weighted by Gasteiger charge is 2.27. The average Bonchev–Trinajstić information content (AvgIpc) is 2.82. The zero-order valence-corrected chi connectivity index (χ0v) is 18.2. The van der Waals surface area contributed by atoms with Crippen LogP contribution in [0.25, 0.3) is 0 Å². The molecule has 2 aromatic carbocycles. The van der Waals surface area contributed by atoms with E-state index in [0.717, 1.165) is 18.2 Å². The first-order valence-corrected chi connectivity index (χ1v) is 9.84. The van der Waals surface area contributed by atoms with E-state index in [1.54, 1.807) is 10.6 Å². The van der Waals surface area contributed by atoms with Crippen LogP contribution in [-0.2, 0) is 24.0 Å². The minimum atomic E-state index is -1.97. The van der Waals surface area contributed by atoms with E-state index in [4.69, 9.17) is 5.11 Å². The molecule has 0 saturated carbocycles. The highest BCUT2D eigenvalue weighted by molar-refractivity contribution is 6.39. The van der Waals surface area contributed by atoms with Gasteiger partial charge in [0.1, 0.15) is 30.0 Å². The van der Waals surface area contributed by atoms with Crippen LogP contribution < -0.4 is 20.7 Å². The minimum Gasteiger partial charge on any atom is -0.481 e. The van der Waals surface area contributed by atoms with Crippen LogP contribution in [0.5, 0.6) is 5.75 Å². The van der Waals surface area contributed by atoms with Gasteiger partial charge in [0, 0.05) is 6.07 Å². The van der Waals surface area contributed by atoms with Gasteiger partial charge in [-0.2, -0.15) is 8.78 Å². The smallest absolute Gasteiger partial charge is 0.313 e. The zero-order chi connectivity index (χ0) is 27.9. The maximum atomic E-state index is 13.6. The molecule has 2 aromatic rings. The Morgan fingerprint density at radius 2 is 1.43 bits per heavy atom. The Morgan fingerprint density at radius 3 is 1.97 bits per heavy atom. The van der Waals surface area contributed by atoms with Crippen molar-refractivity contribution in [3.8, 4) is 5.75 Å². The van der Waals surface area contributed by atoms with Crippen LogP contribution in [0.2, 0.25) is 0 Å². The van der Waals surface area contributed by atoms with E-state index < -0.39 is 101 Å². The number of anilines is 1. The molecule has 0 aliphatic heterocycles. The van der Waals surface area contributed by atoms with Crippen molar-refractivity contribution in [2.75, 3.05) is 18.5 Å². The number of benzene rings is 2. The topological polar surface area (TPSA) is 151 Å². The van der Waals surface area contributed by atoms with Crippen molar-refractivity contribution in [1.82, 2.24) is 10.6 Å². The molecule has 0 aromatic heterocycles. The van der Waals surface area contributed by atoms with E-state index in [1.165, 1.54) is 0 Å². The molecule has 1 unspecified atom stereocenters. The van der Waals surface area contributed by atoms with Gasteiger partial charge in [-0.1, -0.05) is 6.07 Å². The van der Waals surface area contributed by atoms with Crippen LogP contribution in [0.1, 0.15) is 6.42 Å². The van der Waals surface area contributed by atoms with Gasteiger partial charge in [0.2, 0.25) is 17.5 Å². The van der Waals surface area contributed by atoms with Gasteiger partial charge in [-0.3, -0.25) is 24.0 Å². The number of carboxylic acids is 1. The Hall–Kier alpha value is -4.63. The number of nitrogens with one attached hydrogen (secondary N) is 3. The zero-order valence-electron chi connectivity index (χ0n) is 18.2. The Kier molecular flexibility index (Phi) is 9.56. The van der Waals surface area contributed by atoms with E-state index in [0.29, 0.717) is 0 Å². The van der Waals surface area contributed by atoms with Crippen LogP contribution in [0, 0.1) is 34.9 Å². The van der Waals surface area contributed by atoms with E-state index >= 15 is 0 Å². The molecule has 0 spiro atoms. The van der Waals surface area contributed by atoms with Gasteiger partial charge < -0.3 is 25.8 Å². The number of carbonyl (C=O) groups excluding carboxylic acids is 4. The van der Waals surface area contributed by atoms with Crippen LogP contribution in [0.4, 0.5) is 32.0 Å². The summed E-state index contributed by atoms with van der Waals surface area (Å²) in [4.78, 5) is 58.8. The summed E-state index contributed by atoms with van der Waals surface area (Å²) in [6, 6.07) is 0.553. The van der Waals surface area contributed by atoms with Gasteiger partial charge in [0.25, 0.3) is 0 Å². The molecule has 0 bridgehead atoms. The summed E-state index contributed by atoms with van der Waals surface area (Å²) in [6.07, 6.45) is -1.09. The third-order valence-electron chi connectivity index (χ3n) is 4.35. The monoisotopic (exact) mass is 535 g/mol. The molecule has 1 atom stereocenters. The molecule has 0 radical (unpaired) electrons. The molecule has 0 heterocycles. The van der Waals surface area contributed by atoms with Crippen molar-refractivity contribution in [2.24, 2.45) is 0 Å². The Labute approximate surface area is 202 Å². The fourth-order valence-corrected chi connectivity index (χ4v) is 2.62. The maximum Gasteiger partial charge on any atom is 0.313 e. The fraction of sp³-hybridized carbons (Fsp3) is 0.190. The summed E-state index contributed by atoms with van der Waals surface area (Å²) in [6.45, 7) is -2.37. The number of hydrogen-bond donors (Lipinski definition) is 4. The van der Waals surface area contributed by atoms with E-state index in [-0.39, 0.29) is 6.07 Å². The molecule has 0 aliphatic carbocycles. The molecule has 10 nitrogen and oxygen atoms in total. The lowest BCUT2D eigenvalue weighted by molar-refractivity contribution is -0.140. The van der Waals surface area contributed by atoms with Crippen molar-refractivity contribution in [1.29, 1.82) is 0 Å². The predicted octanol–water partition coefficient (Wildman–Crippen LogP) is 1.18. The number of para-hydroxylation sites is 1. The van der Waals surface area contributed by atoms with Gasteiger partial charge in [0.15, 0.2) is 23.2 Å². The SMILES string of the molecule is O=C(O)CC(NC(=O)CNC(=O)C(=O)Nc1c(F)cccc1F)C(=O)COc1c(F)c(F)cc(F)c1F. The third-order valence-corrected chi connectivity index (χ3v) is 4.35.